The van der Waals surface area contributed by atoms with Gasteiger partial charge in [-0.2, -0.15) is 4.31 Å². The molecule has 2 aliphatic rings. The van der Waals surface area contributed by atoms with Crippen molar-refractivity contribution in [3.05, 3.63) is 54.2 Å². The van der Waals surface area contributed by atoms with Gasteiger partial charge in [0.05, 0.1) is 4.90 Å². The highest BCUT2D eigenvalue weighted by Gasteiger charge is 2.48. The van der Waals surface area contributed by atoms with Crippen molar-refractivity contribution in [3.8, 4) is 5.88 Å². The van der Waals surface area contributed by atoms with Gasteiger partial charge in [0.15, 0.2) is 11.6 Å². The maximum absolute atomic E-state index is 13.5. The normalized spacial score (nSPS) is 26.0. The van der Waals surface area contributed by atoms with Crippen LogP contribution in [0.3, 0.4) is 0 Å². The van der Waals surface area contributed by atoms with Crippen LogP contribution >= 0.6 is 0 Å². The van der Waals surface area contributed by atoms with Gasteiger partial charge in [0.1, 0.15) is 6.10 Å². The molecule has 2 bridgehead atoms. The van der Waals surface area contributed by atoms with Crippen LogP contribution in [-0.2, 0) is 10.0 Å². The van der Waals surface area contributed by atoms with Crippen molar-refractivity contribution < 1.29 is 21.9 Å². The molecule has 0 saturated carbocycles. The molecule has 138 valence electrons. The molecule has 4 rings (SSSR count). The van der Waals surface area contributed by atoms with Crippen LogP contribution < -0.4 is 4.74 Å². The molecule has 2 saturated heterocycles. The van der Waals surface area contributed by atoms with Gasteiger partial charge in [0.25, 0.3) is 0 Å². The molecule has 1 aromatic carbocycles. The van der Waals surface area contributed by atoms with Crippen molar-refractivity contribution in [3.63, 3.8) is 0 Å². The molecule has 0 radical (unpaired) electrons. The highest BCUT2D eigenvalue weighted by molar-refractivity contribution is 7.89. The minimum Gasteiger partial charge on any atom is -0.474 e. The lowest BCUT2D eigenvalue weighted by Gasteiger charge is -2.37. The Morgan fingerprint density at radius 2 is 1.77 bits per heavy atom. The zero-order valence-electron chi connectivity index (χ0n) is 13.9. The van der Waals surface area contributed by atoms with E-state index in [4.69, 9.17) is 4.74 Å². The van der Waals surface area contributed by atoms with Gasteiger partial charge in [-0.1, -0.05) is 6.07 Å². The first-order valence-corrected chi connectivity index (χ1v) is 9.95. The third kappa shape index (κ3) is 3.07. The Balaban J connectivity index is 1.55. The number of nitrogens with zero attached hydrogens (tertiary/aromatic N) is 2. The summed E-state index contributed by atoms with van der Waals surface area (Å²) in [5.74, 6) is -1.70. The first kappa shape index (κ1) is 17.4. The summed E-state index contributed by atoms with van der Waals surface area (Å²) in [7, 11) is -3.88. The molecule has 0 aliphatic carbocycles. The molecule has 1 aromatic heterocycles. The predicted molar refractivity (Wildman–Crippen MR) is 90.1 cm³/mol. The largest absolute Gasteiger partial charge is 0.474 e. The van der Waals surface area contributed by atoms with E-state index in [0.29, 0.717) is 18.7 Å². The number of fused-ring (bicyclic) bond motifs is 2. The average Bonchev–Trinajstić information content (AvgIpc) is 2.90. The van der Waals surface area contributed by atoms with Crippen LogP contribution in [-0.4, -0.2) is 35.9 Å². The topological polar surface area (TPSA) is 59.5 Å². The lowest BCUT2D eigenvalue weighted by molar-refractivity contribution is 0.0918. The highest BCUT2D eigenvalue weighted by Crippen LogP contribution is 2.40. The van der Waals surface area contributed by atoms with Crippen molar-refractivity contribution in [1.82, 2.24) is 9.29 Å². The van der Waals surface area contributed by atoms with E-state index in [0.717, 1.165) is 31.0 Å². The molecule has 0 amide bonds. The number of aromatic nitrogens is 1. The summed E-state index contributed by atoms with van der Waals surface area (Å²) in [6, 6.07) is 7.70. The summed E-state index contributed by atoms with van der Waals surface area (Å²) in [6.45, 7) is 0. The van der Waals surface area contributed by atoms with Crippen LogP contribution in [0.1, 0.15) is 25.7 Å². The second-order valence-electron chi connectivity index (χ2n) is 6.68. The molecule has 26 heavy (non-hydrogen) atoms. The third-order valence-corrected chi connectivity index (χ3v) is 7.02. The quantitative estimate of drug-likeness (QED) is 0.818. The number of rotatable bonds is 4. The van der Waals surface area contributed by atoms with Crippen LogP contribution in [0, 0.1) is 11.6 Å². The molecule has 2 atom stereocenters. The number of benzene rings is 1. The molecular weight excluding hydrogens is 362 g/mol. The van der Waals surface area contributed by atoms with Crippen LogP contribution in [0.4, 0.5) is 8.78 Å². The number of halogens is 2. The Hall–Kier alpha value is -2.06. The van der Waals surface area contributed by atoms with Gasteiger partial charge >= 0.3 is 0 Å². The third-order valence-electron chi connectivity index (χ3n) is 5.01. The Morgan fingerprint density at radius 3 is 2.38 bits per heavy atom. The van der Waals surface area contributed by atoms with Crippen molar-refractivity contribution in [2.75, 3.05) is 0 Å². The first-order valence-electron chi connectivity index (χ1n) is 8.51. The Bertz CT molecular complexity index is 894. The van der Waals surface area contributed by atoms with E-state index in [-0.39, 0.29) is 23.1 Å². The average molecular weight is 380 g/mol. The Labute approximate surface area is 150 Å². The van der Waals surface area contributed by atoms with E-state index >= 15 is 0 Å². The van der Waals surface area contributed by atoms with Crippen LogP contribution in [0.25, 0.3) is 0 Å². The molecule has 8 heteroatoms. The van der Waals surface area contributed by atoms with Crippen LogP contribution in [0.5, 0.6) is 5.88 Å². The summed E-state index contributed by atoms with van der Waals surface area (Å²) < 4.78 is 59.9. The molecular formula is C18H18F2N2O3S. The molecule has 2 unspecified atom stereocenters. The van der Waals surface area contributed by atoms with Crippen molar-refractivity contribution >= 4 is 10.0 Å². The van der Waals surface area contributed by atoms with E-state index in [1.165, 1.54) is 4.31 Å². The van der Waals surface area contributed by atoms with E-state index in [2.05, 4.69) is 4.98 Å². The van der Waals surface area contributed by atoms with E-state index in [9.17, 15) is 17.2 Å². The first-order chi connectivity index (χ1) is 12.4. The molecule has 2 fully saturated rings. The number of hydrogen-bond donors (Lipinski definition) is 0. The highest BCUT2D eigenvalue weighted by atomic mass is 32.2. The summed E-state index contributed by atoms with van der Waals surface area (Å²) in [5.41, 5.74) is 0. The molecule has 0 N–H and O–H groups in total. The summed E-state index contributed by atoms with van der Waals surface area (Å²) in [6.07, 6.45) is 4.10. The number of ether oxygens (including phenoxy) is 1. The van der Waals surface area contributed by atoms with Crippen molar-refractivity contribution in [1.29, 1.82) is 0 Å². The smallest absolute Gasteiger partial charge is 0.243 e. The fourth-order valence-corrected chi connectivity index (χ4v) is 5.82. The maximum atomic E-state index is 13.5. The lowest BCUT2D eigenvalue weighted by Crippen LogP contribution is -2.49. The minimum atomic E-state index is -3.88. The van der Waals surface area contributed by atoms with E-state index in [1.807, 2.05) is 6.07 Å². The SMILES string of the molecule is O=S(=O)(c1ccc(F)c(F)c1)N1C2CCC1CC(Oc1ccccn1)C2. The van der Waals surface area contributed by atoms with Gasteiger partial charge in [0, 0.05) is 37.2 Å². The second-order valence-corrected chi connectivity index (χ2v) is 8.52. The molecule has 2 aliphatic heterocycles. The van der Waals surface area contributed by atoms with Gasteiger partial charge in [-0.25, -0.2) is 22.2 Å². The summed E-state index contributed by atoms with van der Waals surface area (Å²) in [5, 5.41) is 0. The van der Waals surface area contributed by atoms with Gasteiger partial charge in [-0.3, -0.25) is 0 Å². The summed E-state index contributed by atoms with van der Waals surface area (Å²) >= 11 is 0. The molecule has 3 heterocycles. The lowest BCUT2D eigenvalue weighted by atomic mass is 10.0. The van der Waals surface area contributed by atoms with Gasteiger partial charge < -0.3 is 4.74 Å². The molecule has 0 spiro atoms. The van der Waals surface area contributed by atoms with E-state index in [1.54, 1.807) is 18.3 Å². The summed E-state index contributed by atoms with van der Waals surface area (Å²) in [4.78, 5) is 3.93. The van der Waals surface area contributed by atoms with Crippen LogP contribution in [0.2, 0.25) is 0 Å². The Kier molecular flexibility index (Phi) is 4.40. The number of pyridine rings is 1. The number of piperidine rings is 1. The molecule has 5 nitrogen and oxygen atoms in total. The monoisotopic (exact) mass is 380 g/mol. The zero-order valence-corrected chi connectivity index (χ0v) is 14.7. The fourth-order valence-electron chi connectivity index (χ4n) is 3.92. The predicted octanol–water partition coefficient (Wildman–Crippen LogP) is 3.12. The minimum absolute atomic E-state index is 0.112. The van der Waals surface area contributed by atoms with Crippen LogP contribution in [0.15, 0.2) is 47.5 Å². The zero-order chi connectivity index (χ0) is 18.3. The Morgan fingerprint density at radius 1 is 1.04 bits per heavy atom. The van der Waals surface area contributed by atoms with Gasteiger partial charge in [0.2, 0.25) is 15.9 Å². The van der Waals surface area contributed by atoms with Gasteiger partial charge in [-0.05, 0) is 37.1 Å². The van der Waals surface area contributed by atoms with E-state index < -0.39 is 21.7 Å². The fraction of sp³-hybridized carbons (Fsp3) is 0.389. The van der Waals surface area contributed by atoms with Crippen molar-refractivity contribution in [2.45, 2.75) is 48.8 Å². The number of sulfonamides is 1. The number of hydrogen-bond acceptors (Lipinski definition) is 4. The maximum Gasteiger partial charge on any atom is 0.243 e. The van der Waals surface area contributed by atoms with Gasteiger partial charge in [-0.15, -0.1) is 0 Å². The second kappa shape index (κ2) is 6.59. The molecule has 2 aromatic rings. The van der Waals surface area contributed by atoms with Crippen molar-refractivity contribution in [2.24, 2.45) is 0 Å². The standard InChI is InChI=1S/C18H18F2N2O3S/c19-16-7-6-15(11-17(16)20)26(23,24)22-12-4-5-13(22)10-14(9-12)25-18-3-1-2-8-21-18/h1-3,6-8,11-14H,4-5,9-10H2.